The number of ether oxygens (including phenoxy) is 1. The lowest BCUT2D eigenvalue weighted by molar-refractivity contribution is -0.143. The monoisotopic (exact) mass is 290 g/mol. The van der Waals surface area contributed by atoms with Gasteiger partial charge in [-0.3, -0.25) is 4.79 Å². The van der Waals surface area contributed by atoms with Crippen molar-refractivity contribution >= 4 is 18.3 Å². The van der Waals surface area contributed by atoms with E-state index in [9.17, 15) is 4.79 Å². The van der Waals surface area contributed by atoms with Gasteiger partial charge in [-0.25, -0.2) is 0 Å². The highest BCUT2D eigenvalue weighted by Gasteiger charge is 2.28. The third kappa shape index (κ3) is 4.93. The summed E-state index contributed by atoms with van der Waals surface area (Å²) < 4.78 is 5.52. The molecule has 2 rings (SSSR count). The number of halogens is 1. The molecule has 2 N–H and O–H groups in total. The van der Waals surface area contributed by atoms with E-state index in [2.05, 4.69) is 0 Å². The molecular formula is C14H27ClN2O2. The molecule has 0 radical (unpaired) electrons. The lowest BCUT2D eigenvalue weighted by Crippen LogP contribution is -2.50. The molecule has 0 spiro atoms. The normalized spacial score (nSPS) is 26.2. The van der Waals surface area contributed by atoms with E-state index in [1.165, 1.54) is 32.1 Å². The molecule has 1 atom stereocenters. The lowest BCUT2D eigenvalue weighted by atomic mass is 9.90. The van der Waals surface area contributed by atoms with E-state index in [-0.39, 0.29) is 24.4 Å². The first-order chi connectivity index (χ1) is 8.81. The van der Waals surface area contributed by atoms with Gasteiger partial charge in [0.25, 0.3) is 0 Å². The molecule has 112 valence electrons. The van der Waals surface area contributed by atoms with Crippen LogP contribution in [0.15, 0.2) is 0 Å². The van der Waals surface area contributed by atoms with Crippen molar-refractivity contribution in [2.24, 2.45) is 11.7 Å². The quantitative estimate of drug-likeness (QED) is 0.846. The minimum absolute atomic E-state index is 0. The van der Waals surface area contributed by atoms with E-state index >= 15 is 0 Å². The molecule has 1 saturated heterocycles. The highest BCUT2D eigenvalue weighted by molar-refractivity contribution is 5.85. The molecule has 1 saturated carbocycles. The molecule has 0 aromatic carbocycles. The molecule has 1 aliphatic carbocycles. The van der Waals surface area contributed by atoms with Crippen LogP contribution in [-0.2, 0) is 9.53 Å². The van der Waals surface area contributed by atoms with Gasteiger partial charge in [0.15, 0.2) is 0 Å². The van der Waals surface area contributed by atoms with Crippen molar-refractivity contribution < 1.29 is 9.53 Å². The Morgan fingerprint density at radius 1 is 1.16 bits per heavy atom. The number of carbonyl (C=O) groups excluding carboxylic acids is 1. The fraction of sp³-hybridized carbons (Fsp3) is 0.929. The van der Waals surface area contributed by atoms with Gasteiger partial charge in [0.2, 0.25) is 5.91 Å². The summed E-state index contributed by atoms with van der Waals surface area (Å²) in [5.74, 6) is 0.598. The van der Waals surface area contributed by atoms with Crippen molar-refractivity contribution in [3.8, 4) is 0 Å². The average molecular weight is 291 g/mol. The standard InChI is InChI=1S/C14H26N2O2.ClH/c15-10-13-11-16(8-9-18-13)14(17)12-6-4-2-1-3-5-7-12;/h12-13H,1-11,15H2;1H. The third-order valence-electron chi connectivity index (χ3n) is 4.17. The zero-order valence-corrected chi connectivity index (χ0v) is 12.5. The Morgan fingerprint density at radius 3 is 2.42 bits per heavy atom. The van der Waals surface area contributed by atoms with Crippen LogP contribution < -0.4 is 5.73 Å². The van der Waals surface area contributed by atoms with Crippen LogP contribution >= 0.6 is 12.4 Å². The molecule has 0 bridgehead atoms. The van der Waals surface area contributed by atoms with Crippen LogP contribution in [0.4, 0.5) is 0 Å². The first kappa shape index (κ1) is 16.7. The highest BCUT2D eigenvalue weighted by atomic mass is 35.5. The molecule has 1 amide bonds. The number of rotatable bonds is 2. The molecular weight excluding hydrogens is 264 g/mol. The van der Waals surface area contributed by atoms with E-state index < -0.39 is 0 Å². The SMILES string of the molecule is Cl.NCC1CN(C(=O)C2CCCCCCC2)CCO1. The maximum Gasteiger partial charge on any atom is 0.225 e. The van der Waals surface area contributed by atoms with Gasteiger partial charge in [-0.2, -0.15) is 0 Å². The highest BCUT2D eigenvalue weighted by Crippen LogP contribution is 2.24. The second-order valence-corrected chi connectivity index (χ2v) is 5.55. The van der Waals surface area contributed by atoms with Crippen LogP contribution in [0.25, 0.3) is 0 Å². The molecule has 0 aromatic heterocycles. The minimum atomic E-state index is 0. The van der Waals surface area contributed by atoms with Gasteiger partial charge >= 0.3 is 0 Å². The van der Waals surface area contributed by atoms with Gasteiger partial charge in [0, 0.05) is 25.6 Å². The molecule has 1 heterocycles. The maximum absolute atomic E-state index is 12.5. The van der Waals surface area contributed by atoms with Crippen LogP contribution in [0, 0.1) is 5.92 Å². The number of nitrogens with zero attached hydrogens (tertiary/aromatic N) is 1. The van der Waals surface area contributed by atoms with Crippen molar-refractivity contribution in [2.45, 2.75) is 51.0 Å². The summed E-state index contributed by atoms with van der Waals surface area (Å²) in [5, 5.41) is 0. The Bertz CT molecular complexity index is 264. The van der Waals surface area contributed by atoms with E-state index in [1.54, 1.807) is 0 Å². The first-order valence-electron chi connectivity index (χ1n) is 7.41. The molecule has 5 heteroatoms. The van der Waals surface area contributed by atoms with Crippen molar-refractivity contribution in [1.29, 1.82) is 0 Å². The Kier molecular flexibility index (Phi) is 7.73. The van der Waals surface area contributed by atoms with E-state index in [0.717, 1.165) is 19.4 Å². The van der Waals surface area contributed by atoms with Crippen LogP contribution in [0.5, 0.6) is 0 Å². The average Bonchev–Trinajstić information content (AvgIpc) is 2.38. The van der Waals surface area contributed by atoms with Crippen LogP contribution in [0.2, 0.25) is 0 Å². The third-order valence-corrected chi connectivity index (χ3v) is 4.17. The first-order valence-corrected chi connectivity index (χ1v) is 7.41. The Labute approximate surface area is 122 Å². The largest absolute Gasteiger partial charge is 0.373 e. The van der Waals surface area contributed by atoms with Gasteiger partial charge in [-0.15, -0.1) is 12.4 Å². The molecule has 1 aliphatic heterocycles. The maximum atomic E-state index is 12.5. The number of amides is 1. The van der Waals surface area contributed by atoms with Crippen molar-refractivity contribution in [2.75, 3.05) is 26.2 Å². The van der Waals surface area contributed by atoms with Crippen molar-refractivity contribution in [1.82, 2.24) is 4.90 Å². The number of hydrogen-bond donors (Lipinski definition) is 1. The van der Waals surface area contributed by atoms with E-state index in [4.69, 9.17) is 10.5 Å². The van der Waals surface area contributed by atoms with Gasteiger partial charge in [-0.05, 0) is 12.8 Å². The zero-order chi connectivity index (χ0) is 12.8. The fourth-order valence-electron chi connectivity index (χ4n) is 3.02. The summed E-state index contributed by atoms with van der Waals surface area (Å²) in [6.45, 7) is 2.58. The Balaban J connectivity index is 0.00000180. The van der Waals surface area contributed by atoms with Gasteiger partial charge in [0.1, 0.15) is 0 Å². The van der Waals surface area contributed by atoms with Crippen LogP contribution in [0.1, 0.15) is 44.9 Å². The summed E-state index contributed by atoms with van der Waals surface area (Å²) in [7, 11) is 0. The molecule has 2 aliphatic rings. The van der Waals surface area contributed by atoms with Crippen molar-refractivity contribution in [3.63, 3.8) is 0 Å². The van der Waals surface area contributed by atoms with Crippen molar-refractivity contribution in [3.05, 3.63) is 0 Å². The predicted molar refractivity (Wildman–Crippen MR) is 78.4 cm³/mol. The second kappa shape index (κ2) is 8.77. The summed E-state index contributed by atoms with van der Waals surface area (Å²) in [6, 6.07) is 0. The summed E-state index contributed by atoms with van der Waals surface area (Å²) >= 11 is 0. The Morgan fingerprint density at radius 2 is 1.79 bits per heavy atom. The fourth-order valence-corrected chi connectivity index (χ4v) is 3.02. The molecule has 4 nitrogen and oxygen atoms in total. The van der Waals surface area contributed by atoms with Crippen LogP contribution in [-0.4, -0.2) is 43.2 Å². The number of hydrogen-bond acceptors (Lipinski definition) is 3. The van der Waals surface area contributed by atoms with Gasteiger partial charge < -0.3 is 15.4 Å². The topological polar surface area (TPSA) is 55.6 Å². The molecule has 0 aromatic rings. The molecule has 2 fully saturated rings. The second-order valence-electron chi connectivity index (χ2n) is 5.55. The van der Waals surface area contributed by atoms with Gasteiger partial charge in [0.05, 0.1) is 12.7 Å². The predicted octanol–water partition coefficient (Wildman–Crippen LogP) is 1.95. The molecule has 19 heavy (non-hydrogen) atoms. The van der Waals surface area contributed by atoms with E-state index in [0.29, 0.717) is 25.6 Å². The summed E-state index contributed by atoms with van der Waals surface area (Å²) in [6.07, 6.45) is 8.52. The molecule has 1 unspecified atom stereocenters. The van der Waals surface area contributed by atoms with E-state index in [1.807, 2.05) is 4.90 Å². The smallest absolute Gasteiger partial charge is 0.225 e. The Hall–Kier alpha value is -0.320. The number of morpholine rings is 1. The minimum Gasteiger partial charge on any atom is -0.373 e. The zero-order valence-electron chi connectivity index (χ0n) is 11.7. The number of nitrogens with two attached hydrogens (primary N) is 1. The summed E-state index contributed by atoms with van der Waals surface area (Å²) in [4.78, 5) is 14.5. The lowest BCUT2D eigenvalue weighted by Gasteiger charge is -2.35. The van der Waals surface area contributed by atoms with Crippen LogP contribution in [0.3, 0.4) is 0 Å². The number of carbonyl (C=O) groups is 1. The van der Waals surface area contributed by atoms with Gasteiger partial charge in [-0.1, -0.05) is 32.1 Å². The summed E-state index contributed by atoms with van der Waals surface area (Å²) in [5.41, 5.74) is 5.63.